The first-order valence-corrected chi connectivity index (χ1v) is 28.1. The van der Waals surface area contributed by atoms with Crippen molar-refractivity contribution in [3.05, 3.63) is 0 Å². The molecule has 0 spiro atoms. The Morgan fingerprint density at radius 2 is 0.812 bits per heavy atom. The maximum atomic E-state index is 5.90. The van der Waals surface area contributed by atoms with Gasteiger partial charge in [-0.1, -0.05) is 25.7 Å². The van der Waals surface area contributed by atoms with Gasteiger partial charge in [0, 0.05) is 94.7 Å². The molecular formula is C56H108N12O. The predicted molar refractivity (Wildman–Crippen MR) is 292 cm³/mol. The number of rotatable bonds is 21. The Balaban J connectivity index is 1.22. The Labute approximate surface area is 423 Å². The summed E-state index contributed by atoms with van der Waals surface area (Å²) < 4.78 is 5.90. The molecule has 0 atom stereocenters. The van der Waals surface area contributed by atoms with Gasteiger partial charge >= 0.3 is 0 Å². The zero-order chi connectivity index (χ0) is 50.7. The van der Waals surface area contributed by atoms with Gasteiger partial charge in [0.2, 0.25) is 17.8 Å². The summed E-state index contributed by atoms with van der Waals surface area (Å²) in [6.07, 6.45) is 18.5. The van der Waals surface area contributed by atoms with Gasteiger partial charge in [0.25, 0.3) is 0 Å². The monoisotopic (exact) mass is 965 g/mol. The smallest absolute Gasteiger partial charge is 0.232 e. The first-order valence-electron chi connectivity index (χ1n) is 28.1. The van der Waals surface area contributed by atoms with Crippen molar-refractivity contribution in [3.63, 3.8) is 0 Å². The van der Waals surface area contributed by atoms with Crippen LogP contribution in [0.2, 0.25) is 0 Å². The van der Waals surface area contributed by atoms with E-state index in [4.69, 9.17) is 19.7 Å². The van der Waals surface area contributed by atoms with Crippen LogP contribution in [0.5, 0.6) is 0 Å². The van der Waals surface area contributed by atoms with Crippen LogP contribution in [0.1, 0.15) is 214 Å². The highest BCUT2D eigenvalue weighted by molar-refractivity contribution is 5.48. The summed E-state index contributed by atoms with van der Waals surface area (Å²) in [6.45, 7) is 45.0. The molecule has 5 fully saturated rings. The number of hydrogen-bond acceptors (Lipinski definition) is 13. The van der Waals surface area contributed by atoms with Gasteiger partial charge in [-0.3, -0.25) is 0 Å². The van der Waals surface area contributed by atoms with Crippen molar-refractivity contribution in [1.82, 2.24) is 46.4 Å². The average Bonchev–Trinajstić information content (AvgIpc) is 3.17. The average molecular weight is 966 g/mol. The van der Waals surface area contributed by atoms with Gasteiger partial charge in [-0.15, -0.1) is 0 Å². The molecule has 0 aliphatic carbocycles. The lowest BCUT2D eigenvalue weighted by molar-refractivity contribution is 0.0805. The fraction of sp³-hybridized carbons (Fsp3) is 0.946. The van der Waals surface area contributed by atoms with E-state index >= 15 is 0 Å². The summed E-state index contributed by atoms with van der Waals surface area (Å²) in [4.78, 5) is 27.0. The molecule has 0 aromatic carbocycles. The molecule has 6 rings (SSSR count). The molecule has 0 radical (unpaired) electrons. The molecule has 0 bridgehead atoms. The van der Waals surface area contributed by atoms with Crippen LogP contribution in [-0.4, -0.2) is 148 Å². The number of morpholine rings is 1. The van der Waals surface area contributed by atoms with Gasteiger partial charge in [0.15, 0.2) is 0 Å². The van der Waals surface area contributed by atoms with Gasteiger partial charge in [0.1, 0.15) is 0 Å². The topological polar surface area (TPSA) is 121 Å². The largest absolute Gasteiger partial charge is 0.378 e. The first-order chi connectivity index (χ1) is 31.9. The molecule has 0 amide bonds. The molecule has 1 aromatic heterocycles. The van der Waals surface area contributed by atoms with Crippen molar-refractivity contribution in [1.29, 1.82) is 0 Å². The highest BCUT2D eigenvalue weighted by atomic mass is 16.5. The third-order valence-corrected chi connectivity index (χ3v) is 16.0. The van der Waals surface area contributed by atoms with Gasteiger partial charge < -0.3 is 50.9 Å². The van der Waals surface area contributed by atoms with E-state index in [0.717, 1.165) is 95.6 Å². The van der Waals surface area contributed by atoms with E-state index in [1.54, 1.807) is 0 Å². The van der Waals surface area contributed by atoms with Crippen LogP contribution < -0.4 is 41.3 Å². The lowest BCUT2D eigenvalue weighted by Crippen LogP contribution is -2.63. The van der Waals surface area contributed by atoms with E-state index in [1.165, 1.54) is 64.2 Å². The number of piperidine rings is 4. The Kier molecular flexibility index (Phi) is 18.2. The molecule has 398 valence electrons. The van der Waals surface area contributed by atoms with Crippen LogP contribution in [0.25, 0.3) is 0 Å². The van der Waals surface area contributed by atoms with Gasteiger partial charge in [-0.2, -0.15) is 15.0 Å². The molecule has 6 heterocycles. The third-order valence-electron chi connectivity index (χ3n) is 16.0. The molecular weight excluding hydrogens is 857 g/mol. The summed E-state index contributed by atoms with van der Waals surface area (Å²) >= 11 is 0. The lowest BCUT2D eigenvalue weighted by atomic mass is 9.79. The van der Waals surface area contributed by atoms with Crippen molar-refractivity contribution in [2.45, 2.75) is 282 Å². The van der Waals surface area contributed by atoms with Crippen molar-refractivity contribution in [3.8, 4) is 0 Å². The second-order valence-corrected chi connectivity index (χ2v) is 28.3. The Hall–Kier alpha value is -1.87. The normalized spacial score (nSPS) is 25.7. The summed E-state index contributed by atoms with van der Waals surface area (Å²) in [5, 5.41) is 19.6. The summed E-state index contributed by atoms with van der Waals surface area (Å²) in [5.74, 6) is 2.54. The van der Waals surface area contributed by atoms with Crippen LogP contribution in [-0.2, 0) is 4.74 Å². The van der Waals surface area contributed by atoms with E-state index in [0.29, 0.717) is 37.4 Å². The molecule has 5 aliphatic rings. The third kappa shape index (κ3) is 17.4. The van der Waals surface area contributed by atoms with Gasteiger partial charge in [0.05, 0.1) is 13.2 Å². The minimum atomic E-state index is -0.00940. The number of hydrogen-bond donors (Lipinski definition) is 5. The van der Waals surface area contributed by atoms with Gasteiger partial charge in [-0.05, 0) is 208 Å². The first kappa shape index (κ1) is 56.4. The van der Waals surface area contributed by atoms with Crippen LogP contribution in [0.3, 0.4) is 0 Å². The second-order valence-electron chi connectivity index (χ2n) is 28.3. The number of aromatic nitrogens is 3. The number of ether oxygens (including phenoxy) is 1. The van der Waals surface area contributed by atoms with E-state index in [1.807, 2.05) is 0 Å². The maximum Gasteiger partial charge on any atom is 0.232 e. The van der Waals surface area contributed by atoms with Crippen molar-refractivity contribution in [2.75, 3.05) is 74.2 Å². The summed E-state index contributed by atoms with van der Waals surface area (Å²) in [6, 6.07) is 1.80. The Bertz CT molecular complexity index is 1700. The van der Waals surface area contributed by atoms with E-state index in [9.17, 15) is 0 Å². The van der Waals surface area contributed by atoms with Crippen LogP contribution in [0.4, 0.5) is 17.8 Å². The molecule has 69 heavy (non-hydrogen) atoms. The van der Waals surface area contributed by atoms with E-state index in [-0.39, 0.29) is 44.3 Å². The zero-order valence-electron chi connectivity index (χ0n) is 47.8. The maximum absolute atomic E-state index is 5.90. The van der Waals surface area contributed by atoms with Crippen LogP contribution in [0.15, 0.2) is 0 Å². The quantitative estimate of drug-likeness (QED) is 0.0755. The number of unbranched alkanes of at least 4 members (excludes halogenated alkanes) is 6. The van der Waals surface area contributed by atoms with Crippen molar-refractivity contribution in [2.24, 2.45) is 0 Å². The van der Waals surface area contributed by atoms with Crippen LogP contribution >= 0.6 is 0 Å². The highest BCUT2D eigenvalue weighted by Crippen LogP contribution is 2.38. The van der Waals surface area contributed by atoms with Crippen molar-refractivity contribution >= 4 is 17.8 Å². The van der Waals surface area contributed by atoms with Crippen LogP contribution in [0, 0.1) is 0 Å². The van der Waals surface area contributed by atoms with E-state index < -0.39 is 0 Å². The fourth-order valence-electron chi connectivity index (χ4n) is 14.7. The van der Waals surface area contributed by atoms with Gasteiger partial charge in [-0.25, -0.2) is 0 Å². The molecule has 5 aliphatic heterocycles. The molecule has 5 saturated heterocycles. The molecule has 13 nitrogen and oxygen atoms in total. The lowest BCUT2D eigenvalue weighted by Gasteiger charge is -2.50. The molecule has 0 unspecified atom stereocenters. The zero-order valence-corrected chi connectivity index (χ0v) is 47.8. The Morgan fingerprint density at radius 3 is 1.22 bits per heavy atom. The predicted octanol–water partition coefficient (Wildman–Crippen LogP) is 9.20. The Morgan fingerprint density at radius 1 is 0.464 bits per heavy atom. The minimum Gasteiger partial charge on any atom is -0.378 e. The molecule has 13 heteroatoms. The number of nitrogens with zero attached hydrogens (tertiary/aromatic N) is 7. The molecule has 0 saturated carbocycles. The highest BCUT2D eigenvalue weighted by Gasteiger charge is 2.44. The standard InChI is InChI=1S/C56H108N12O/c1-49(2)34-42(35-50(3,4)61-49)57-26-22-18-19-24-28-67(44-38-53(9,10)63-54(11,12)39-44)47-58-46(66-30-32-69-33-31-66)59-48(60-47)68(45-40-55(13,14)64-56(15,16)41-45)29-25-21-20-23-27-65(17)43-36-51(5,6)62-52(7,8)37-43/h42-45,57,61-64H,18-41H2,1-17H3. The van der Waals surface area contributed by atoms with E-state index in [2.05, 4.69) is 164 Å². The fourth-order valence-corrected chi connectivity index (χ4v) is 14.7. The minimum absolute atomic E-state index is 0.00903. The summed E-state index contributed by atoms with van der Waals surface area (Å²) in [7, 11) is 2.36. The summed E-state index contributed by atoms with van der Waals surface area (Å²) in [5.41, 5.74) is 0.613. The number of nitrogens with one attached hydrogen (secondary N) is 5. The molecule has 1 aromatic rings. The SMILES string of the molecule is CN(CCCCCCN(c1nc(N2CCOCC2)nc(N(CCCCCCNC2CC(C)(C)NC(C)(C)C2)C2CC(C)(C)NC(C)(C)C2)n1)C1CC(C)(C)NC(C)(C)C1)C1CC(C)(C)NC(C)(C)C1. The van der Waals surface area contributed by atoms with Crippen molar-refractivity contribution < 1.29 is 4.74 Å². The second kappa shape index (κ2) is 22.3. The molecule has 5 N–H and O–H groups in total. The number of anilines is 3.